The van der Waals surface area contributed by atoms with Crippen LogP contribution < -0.4 is 11.1 Å². The van der Waals surface area contributed by atoms with Crippen LogP contribution in [0.5, 0.6) is 0 Å². The Morgan fingerprint density at radius 2 is 2.21 bits per heavy atom. The maximum absolute atomic E-state index is 11.1. The van der Waals surface area contributed by atoms with E-state index in [1.165, 1.54) is 6.33 Å². The third kappa shape index (κ3) is 2.54. The summed E-state index contributed by atoms with van der Waals surface area (Å²) < 4.78 is 1.54. The van der Waals surface area contributed by atoms with Crippen LogP contribution in [-0.4, -0.2) is 32.2 Å². The van der Waals surface area contributed by atoms with E-state index in [1.807, 2.05) is 13.8 Å². The number of hydrogen-bond acceptors (Lipinski definition) is 5. The Labute approximate surface area is 110 Å². The number of hydrogen-bond donors (Lipinski definition) is 2. The smallest absolute Gasteiger partial charge is 0.269 e. The van der Waals surface area contributed by atoms with Crippen LogP contribution in [0.2, 0.25) is 0 Å². The van der Waals surface area contributed by atoms with E-state index in [-0.39, 0.29) is 5.69 Å². The molecule has 1 amide bonds. The maximum Gasteiger partial charge on any atom is 0.269 e. The topological polar surface area (TPSA) is 98.7 Å². The van der Waals surface area contributed by atoms with E-state index in [1.54, 1.807) is 16.9 Å². The van der Waals surface area contributed by atoms with Gasteiger partial charge in [0, 0.05) is 18.3 Å². The molecule has 100 valence electrons. The molecular weight excluding hydrogens is 244 g/mol. The predicted octanol–water partition coefficient (Wildman–Crippen LogP) is 0.755. The van der Waals surface area contributed by atoms with Crippen LogP contribution in [-0.2, 0) is 6.42 Å². The van der Waals surface area contributed by atoms with Gasteiger partial charge in [-0.2, -0.15) is 5.10 Å². The molecule has 2 aromatic heterocycles. The molecule has 2 aromatic rings. The molecule has 7 heteroatoms. The van der Waals surface area contributed by atoms with Gasteiger partial charge in [0.05, 0.1) is 0 Å². The van der Waals surface area contributed by atoms with Crippen molar-refractivity contribution in [2.75, 3.05) is 11.9 Å². The largest absolute Gasteiger partial charge is 0.370 e. The lowest BCUT2D eigenvalue weighted by Gasteiger charge is -2.11. The highest BCUT2D eigenvalue weighted by Crippen LogP contribution is 2.19. The Bertz CT molecular complexity index is 592. The molecule has 0 fully saturated rings. The van der Waals surface area contributed by atoms with Crippen molar-refractivity contribution in [2.24, 2.45) is 5.73 Å². The van der Waals surface area contributed by atoms with Crippen LogP contribution in [0.25, 0.3) is 5.82 Å². The predicted molar refractivity (Wildman–Crippen MR) is 71.2 cm³/mol. The van der Waals surface area contributed by atoms with E-state index in [0.29, 0.717) is 5.82 Å². The number of nitrogens with zero attached hydrogens (tertiary/aromatic N) is 4. The molecular formula is C12H16N6O. The second-order valence-corrected chi connectivity index (χ2v) is 3.92. The van der Waals surface area contributed by atoms with Crippen molar-refractivity contribution in [1.29, 1.82) is 0 Å². The van der Waals surface area contributed by atoms with Crippen molar-refractivity contribution in [3.63, 3.8) is 0 Å². The average molecular weight is 260 g/mol. The van der Waals surface area contributed by atoms with E-state index in [0.717, 1.165) is 24.3 Å². The molecule has 2 heterocycles. The molecule has 0 bridgehead atoms. The third-order valence-corrected chi connectivity index (χ3v) is 2.68. The number of carbonyl (C=O) groups is 1. The molecule has 0 spiro atoms. The number of carbonyl (C=O) groups excluding carboxylic acids is 1. The highest BCUT2D eigenvalue weighted by Gasteiger charge is 2.13. The molecule has 3 N–H and O–H groups in total. The van der Waals surface area contributed by atoms with Crippen LogP contribution in [0.4, 0.5) is 5.82 Å². The molecule has 0 radical (unpaired) electrons. The normalized spacial score (nSPS) is 10.4. The standard InChI is InChI=1S/C12H16N6O/c1-3-8-11(14-4-2)15-7-16-12(8)18-6-5-9(17-18)10(13)19/h5-7H,3-4H2,1-2H3,(H2,13,19)(H,14,15,16). The Hall–Kier alpha value is -2.44. The maximum atomic E-state index is 11.1. The van der Waals surface area contributed by atoms with Gasteiger partial charge < -0.3 is 11.1 Å². The Balaban J connectivity index is 2.48. The van der Waals surface area contributed by atoms with Gasteiger partial charge in [0.25, 0.3) is 5.91 Å². The summed E-state index contributed by atoms with van der Waals surface area (Å²) in [7, 11) is 0. The minimum Gasteiger partial charge on any atom is -0.370 e. The van der Waals surface area contributed by atoms with Crippen molar-refractivity contribution in [2.45, 2.75) is 20.3 Å². The first-order valence-corrected chi connectivity index (χ1v) is 6.11. The summed E-state index contributed by atoms with van der Waals surface area (Å²) in [6.07, 6.45) is 3.89. The first-order valence-electron chi connectivity index (χ1n) is 6.11. The fraction of sp³-hybridized carbons (Fsp3) is 0.333. The summed E-state index contributed by atoms with van der Waals surface area (Å²) in [5.74, 6) is 0.879. The lowest BCUT2D eigenvalue weighted by molar-refractivity contribution is 0.0995. The monoisotopic (exact) mass is 260 g/mol. The molecule has 0 aromatic carbocycles. The van der Waals surface area contributed by atoms with Gasteiger partial charge in [0.2, 0.25) is 0 Å². The van der Waals surface area contributed by atoms with Crippen molar-refractivity contribution in [1.82, 2.24) is 19.7 Å². The molecule has 0 aliphatic heterocycles. The quantitative estimate of drug-likeness (QED) is 0.826. The molecule has 19 heavy (non-hydrogen) atoms. The van der Waals surface area contributed by atoms with Gasteiger partial charge in [-0.25, -0.2) is 14.6 Å². The van der Waals surface area contributed by atoms with Gasteiger partial charge in [0.15, 0.2) is 5.82 Å². The Kier molecular flexibility index (Phi) is 3.74. The minimum atomic E-state index is -0.558. The Morgan fingerprint density at radius 3 is 2.79 bits per heavy atom. The molecule has 0 atom stereocenters. The molecule has 2 rings (SSSR count). The van der Waals surface area contributed by atoms with Gasteiger partial charge in [-0.05, 0) is 19.4 Å². The lowest BCUT2D eigenvalue weighted by Crippen LogP contribution is -2.13. The third-order valence-electron chi connectivity index (χ3n) is 2.68. The van der Waals surface area contributed by atoms with Crippen molar-refractivity contribution < 1.29 is 4.79 Å². The van der Waals surface area contributed by atoms with E-state index in [2.05, 4.69) is 20.4 Å². The highest BCUT2D eigenvalue weighted by atomic mass is 16.1. The van der Waals surface area contributed by atoms with Crippen LogP contribution in [0, 0.1) is 0 Å². The van der Waals surface area contributed by atoms with Crippen molar-refractivity contribution in [3.05, 3.63) is 29.8 Å². The summed E-state index contributed by atoms with van der Waals surface area (Å²) in [5.41, 5.74) is 6.35. The van der Waals surface area contributed by atoms with Crippen molar-refractivity contribution in [3.8, 4) is 5.82 Å². The number of primary amides is 1. The second kappa shape index (κ2) is 5.47. The van der Waals surface area contributed by atoms with Gasteiger partial charge in [-0.1, -0.05) is 6.92 Å². The fourth-order valence-corrected chi connectivity index (χ4v) is 1.82. The number of rotatable bonds is 5. The summed E-state index contributed by atoms with van der Waals surface area (Å²) in [6, 6.07) is 1.57. The zero-order valence-corrected chi connectivity index (χ0v) is 10.9. The first kappa shape index (κ1) is 13.0. The molecule has 0 aliphatic rings. The van der Waals surface area contributed by atoms with E-state index >= 15 is 0 Å². The van der Waals surface area contributed by atoms with Crippen LogP contribution in [0.15, 0.2) is 18.6 Å². The summed E-state index contributed by atoms with van der Waals surface area (Å²) >= 11 is 0. The van der Waals surface area contributed by atoms with Crippen molar-refractivity contribution >= 4 is 11.7 Å². The summed E-state index contributed by atoms with van der Waals surface area (Å²) in [5, 5.41) is 7.30. The number of anilines is 1. The lowest BCUT2D eigenvalue weighted by atomic mass is 10.2. The number of aromatic nitrogens is 4. The van der Waals surface area contributed by atoms with Crippen LogP contribution in [0.3, 0.4) is 0 Å². The molecule has 7 nitrogen and oxygen atoms in total. The summed E-state index contributed by atoms with van der Waals surface area (Å²) in [4.78, 5) is 19.5. The molecule has 0 unspecified atom stereocenters. The van der Waals surface area contributed by atoms with Crippen LogP contribution in [0.1, 0.15) is 29.9 Å². The first-order chi connectivity index (χ1) is 9.17. The number of nitrogens with two attached hydrogens (primary N) is 1. The van der Waals surface area contributed by atoms with Gasteiger partial charge >= 0.3 is 0 Å². The van der Waals surface area contributed by atoms with Gasteiger partial charge in [-0.3, -0.25) is 4.79 Å². The van der Waals surface area contributed by atoms with Gasteiger partial charge in [0.1, 0.15) is 17.8 Å². The molecule has 0 aliphatic carbocycles. The summed E-state index contributed by atoms with van der Waals surface area (Å²) in [6.45, 7) is 4.79. The fourth-order valence-electron chi connectivity index (χ4n) is 1.82. The zero-order chi connectivity index (χ0) is 13.8. The Morgan fingerprint density at radius 1 is 1.42 bits per heavy atom. The number of nitrogens with one attached hydrogen (secondary N) is 1. The van der Waals surface area contributed by atoms with Crippen LogP contribution >= 0.6 is 0 Å². The SMILES string of the molecule is CCNc1ncnc(-n2ccc(C(N)=O)n2)c1CC. The average Bonchev–Trinajstić information content (AvgIpc) is 2.88. The van der Waals surface area contributed by atoms with Gasteiger partial charge in [-0.15, -0.1) is 0 Å². The van der Waals surface area contributed by atoms with E-state index < -0.39 is 5.91 Å². The number of amides is 1. The highest BCUT2D eigenvalue weighted by molar-refractivity contribution is 5.90. The van der Waals surface area contributed by atoms with E-state index in [4.69, 9.17) is 5.73 Å². The van der Waals surface area contributed by atoms with E-state index in [9.17, 15) is 4.79 Å². The second-order valence-electron chi connectivity index (χ2n) is 3.92. The molecule has 0 saturated carbocycles. The zero-order valence-electron chi connectivity index (χ0n) is 10.9. The minimum absolute atomic E-state index is 0.214. The molecule has 0 saturated heterocycles.